The molecule has 0 bridgehead atoms. The quantitative estimate of drug-likeness (QED) is 0.691. The number of H-pyrrole nitrogens is 1. The van der Waals surface area contributed by atoms with Gasteiger partial charge in [-0.15, -0.1) is 0 Å². The van der Waals surface area contributed by atoms with Crippen LogP contribution >= 0.6 is 11.8 Å². The van der Waals surface area contributed by atoms with Gasteiger partial charge in [-0.3, -0.25) is 4.79 Å². The predicted molar refractivity (Wildman–Crippen MR) is 75.2 cm³/mol. The fraction of sp³-hybridized carbons (Fsp3) is 0.286. The number of hydrogen-bond donors (Lipinski definition) is 1. The molecule has 0 amide bonds. The molecule has 1 aromatic carbocycles. The van der Waals surface area contributed by atoms with Gasteiger partial charge in [-0.1, -0.05) is 30.8 Å². The van der Waals surface area contributed by atoms with Crippen molar-refractivity contribution < 1.29 is 4.39 Å². The van der Waals surface area contributed by atoms with E-state index in [1.165, 1.54) is 23.9 Å². The average molecular weight is 278 g/mol. The minimum absolute atomic E-state index is 0.111. The molecule has 0 fully saturated rings. The minimum Gasteiger partial charge on any atom is -0.301 e. The predicted octanol–water partition coefficient (Wildman–Crippen LogP) is 2.78. The molecule has 1 N–H and O–H groups in total. The van der Waals surface area contributed by atoms with Gasteiger partial charge in [-0.2, -0.15) is 0 Å². The maximum absolute atomic E-state index is 12.9. The Bertz CT molecular complexity index is 622. The normalized spacial score (nSPS) is 10.7. The van der Waals surface area contributed by atoms with E-state index in [1.54, 1.807) is 12.1 Å². The Morgan fingerprint density at radius 1 is 1.32 bits per heavy atom. The molecule has 2 rings (SSSR count). The Labute approximate surface area is 115 Å². The second kappa shape index (κ2) is 6.02. The number of nitrogens with one attached hydrogen (secondary N) is 1. The topological polar surface area (TPSA) is 45.8 Å². The highest BCUT2D eigenvalue weighted by Crippen LogP contribution is 2.13. The van der Waals surface area contributed by atoms with Crippen molar-refractivity contribution in [2.75, 3.05) is 6.26 Å². The molecule has 3 nitrogen and oxygen atoms in total. The molecule has 0 aliphatic heterocycles. The van der Waals surface area contributed by atoms with Gasteiger partial charge in [0.2, 0.25) is 0 Å². The Kier molecular flexibility index (Phi) is 4.37. The van der Waals surface area contributed by atoms with Crippen LogP contribution in [0.15, 0.2) is 34.2 Å². The van der Waals surface area contributed by atoms with Crippen LogP contribution in [0, 0.1) is 5.82 Å². The Hall–Kier alpha value is -1.62. The van der Waals surface area contributed by atoms with Gasteiger partial charge in [-0.05, 0) is 30.4 Å². The standard InChI is InChI=1S/C14H15FN2OS/c1-3-12-11(13(18)17-14(16-12)19-2)8-9-4-6-10(15)7-5-9/h4-7H,3,8H2,1-2H3,(H,16,17,18). The molecule has 0 unspecified atom stereocenters. The second-order valence-electron chi connectivity index (χ2n) is 4.16. The number of aryl methyl sites for hydroxylation is 1. The van der Waals surface area contributed by atoms with E-state index in [-0.39, 0.29) is 11.4 Å². The number of hydrogen-bond acceptors (Lipinski definition) is 3. The smallest absolute Gasteiger partial charge is 0.255 e. The third-order valence-electron chi connectivity index (χ3n) is 2.90. The van der Waals surface area contributed by atoms with Gasteiger partial charge in [0, 0.05) is 12.0 Å². The van der Waals surface area contributed by atoms with E-state index in [1.807, 2.05) is 13.2 Å². The largest absolute Gasteiger partial charge is 0.301 e. The number of halogens is 1. The molecule has 0 saturated carbocycles. The van der Waals surface area contributed by atoms with E-state index in [4.69, 9.17) is 0 Å². The van der Waals surface area contributed by atoms with Gasteiger partial charge in [-0.25, -0.2) is 9.37 Å². The fourth-order valence-electron chi connectivity index (χ4n) is 1.90. The summed E-state index contributed by atoms with van der Waals surface area (Å²) in [7, 11) is 0. The van der Waals surface area contributed by atoms with Gasteiger partial charge >= 0.3 is 0 Å². The van der Waals surface area contributed by atoms with Gasteiger partial charge in [0.1, 0.15) is 5.82 Å². The summed E-state index contributed by atoms with van der Waals surface area (Å²) in [6.45, 7) is 1.97. The summed E-state index contributed by atoms with van der Waals surface area (Å²) in [5.74, 6) is -0.274. The van der Waals surface area contributed by atoms with Crippen molar-refractivity contribution in [1.29, 1.82) is 0 Å². The highest BCUT2D eigenvalue weighted by molar-refractivity contribution is 7.98. The van der Waals surface area contributed by atoms with Crippen molar-refractivity contribution in [3.63, 3.8) is 0 Å². The summed E-state index contributed by atoms with van der Waals surface area (Å²) in [5.41, 5.74) is 2.25. The highest BCUT2D eigenvalue weighted by Gasteiger charge is 2.10. The lowest BCUT2D eigenvalue weighted by molar-refractivity contribution is 0.627. The van der Waals surface area contributed by atoms with Crippen LogP contribution in [0.5, 0.6) is 0 Å². The van der Waals surface area contributed by atoms with Crippen LogP contribution < -0.4 is 5.56 Å². The first-order chi connectivity index (χ1) is 9.13. The lowest BCUT2D eigenvalue weighted by atomic mass is 10.0. The maximum atomic E-state index is 12.9. The molecule has 0 aliphatic rings. The van der Waals surface area contributed by atoms with E-state index in [2.05, 4.69) is 9.97 Å². The zero-order valence-electron chi connectivity index (χ0n) is 10.9. The summed E-state index contributed by atoms with van der Waals surface area (Å²) in [6, 6.07) is 6.19. The van der Waals surface area contributed by atoms with Crippen molar-refractivity contribution in [2.24, 2.45) is 0 Å². The number of aromatic nitrogens is 2. The third-order valence-corrected chi connectivity index (χ3v) is 3.48. The van der Waals surface area contributed by atoms with E-state index in [9.17, 15) is 9.18 Å². The van der Waals surface area contributed by atoms with Gasteiger partial charge in [0.25, 0.3) is 5.56 Å². The highest BCUT2D eigenvalue weighted by atomic mass is 32.2. The summed E-state index contributed by atoms with van der Waals surface area (Å²) >= 11 is 1.41. The van der Waals surface area contributed by atoms with Crippen LogP contribution in [0.3, 0.4) is 0 Å². The Morgan fingerprint density at radius 3 is 2.58 bits per heavy atom. The van der Waals surface area contributed by atoms with Gasteiger partial charge < -0.3 is 4.98 Å². The Balaban J connectivity index is 2.39. The van der Waals surface area contributed by atoms with Gasteiger partial charge in [0.15, 0.2) is 5.16 Å². The number of thioether (sulfide) groups is 1. The van der Waals surface area contributed by atoms with E-state index in [0.717, 1.165) is 11.3 Å². The van der Waals surface area contributed by atoms with Crippen molar-refractivity contribution in [2.45, 2.75) is 24.9 Å². The van der Waals surface area contributed by atoms with Crippen molar-refractivity contribution in [3.05, 3.63) is 57.3 Å². The molecule has 0 saturated heterocycles. The van der Waals surface area contributed by atoms with Crippen LogP contribution in [0.2, 0.25) is 0 Å². The summed E-state index contributed by atoms with van der Waals surface area (Å²) in [6.07, 6.45) is 3.05. The SMILES string of the molecule is CCc1nc(SC)[nH]c(=O)c1Cc1ccc(F)cc1. The molecule has 100 valence electrons. The molecule has 1 aromatic heterocycles. The number of rotatable bonds is 4. The molecular weight excluding hydrogens is 263 g/mol. The fourth-order valence-corrected chi connectivity index (χ4v) is 2.30. The summed E-state index contributed by atoms with van der Waals surface area (Å²) in [5, 5.41) is 0.629. The second-order valence-corrected chi connectivity index (χ2v) is 4.95. The maximum Gasteiger partial charge on any atom is 0.255 e. The van der Waals surface area contributed by atoms with Crippen molar-refractivity contribution in [1.82, 2.24) is 9.97 Å². The molecule has 0 spiro atoms. The molecule has 5 heteroatoms. The lowest BCUT2D eigenvalue weighted by Crippen LogP contribution is -2.18. The number of aromatic amines is 1. The van der Waals surface area contributed by atoms with Gasteiger partial charge in [0.05, 0.1) is 5.69 Å². The average Bonchev–Trinajstić information content (AvgIpc) is 2.43. The first-order valence-corrected chi connectivity index (χ1v) is 7.27. The number of benzene rings is 1. The third kappa shape index (κ3) is 3.23. The first-order valence-electron chi connectivity index (χ1n) is 6.04. The zero-order valence-corrected chi connectivity index (χ0v) is 11.7. The lowest BCUT2D eigenvalue weighted by Gasteiger charge is -2.08. The zero-order chi connectivity index (χ0) is 13.8. The van der Waals surface area contributed by atoms with E-state index < -0.39 is 0 Å². The first kappa shape index (κ1) is 13.8. The Morgan fingerprint density at radius 2 is 2.00 bits per heavy atom. The minimum atomic E-state index is -0.274. The van der Waals surface area contributed by atoms with Crippen molar-refractivity contribution >= 4 is 11.8 Å². The molecule has 0 radical (unpaired) electrons. The molecule has 0 atom stereocenters. The molecule has 1 heterocycles. The molecule has 2 aromatic rings. The molecule has 19 heavy (non-hydrogen) atoms. The van der Waals surface area contributed by atoms with Crippen LogP contribution in [0.25, 0.3) is 0 Å². The summed E-state index contributed by atoms with van der Waals surface area (Å²) in [4.78, 5) is 19.2. The van der Waals surface area contributed by atoms with Crippen LogP contribution in [0.4, 0.5) is 4.39 Å². The van der Waals surface area contributed by atoms with Crippen LogP contribution in [0.1, 0.15) is 23.7 Å². The van der Waals surface area contributed by atoms with E-state index >= 15 is 0 Å². The van der Waals surface area contributed by atoms with Crippen LogP contribution in [-0.2, 0) is 12.8 Å². The van der Waals surface area contributed by atoms with E-state index in [0.29, 0.717) is 23.6 Å². The van der Waals surface area contributed by atoms with Crippen LogP contribution in [-0.4, -0.2) is 16.2 Å². The molecular formula is C14H15FN2OS. The monoisotopic (exact) mass is 278 g/mol. The summed E-state index contributed by atoms with van der Waals surface area (Å²) < 4.78 is 12.9. The van der Waals surface area contributed by atoms with Crippen molar-refractivity contribution in [3.8, 4) is 0 Å². The number of nitrogens with zero attached hydrogens (tertiary/aromatic N) is 1. The molecule has 0 aliphatic carbocycles.